The lowest BCUT2D eigenvalue weighted by Crippen LogP contribution is -2.43. The first-order valence-corrected chi connectivity index (χ1v) is 10.4. The van der Waals surface area contributed by atoms with Crippen LogP contribution in [0.15, 0.2) is 23.1 Å². The lowest BCUT2D eigenvalue weighted by atomic mass is 9.76. The van der Waals surface area contributed by atoms with Crippen molar-refractivity contribution in [3.63, 3.8) is 0 Å². The number of rotatable bonds is 4. The molecule has 1 aliphatic heterocycles. The molecular formula is C18H27BO5S. The Balaban J connectivity index is 1.92. The molecule has 1 aromatic rings. The van der Waals surface area contributed by atoms with Crippen LogP contribution in [0, 0.1) is 6.92 Å². The molecule has 1 N–H and O–H groups in total. The highest BCUT2D eigenvalue weighted by atomic mass is 32.2. The summed E-state index contributed by atoms with van der Waals surface area (Å²) in [5.74, 6) is -0.230. The molecule has 0 amide bonds. The molecule has 7 heteroatoms. The Hall–Kier alpha value is -0.885. The normalized spacial score (nSPS) is 24.2. The van der Waals surface area contributed by atoms with Crippen LogP contribution in [0.1, 0.15) is 52.5 Å². The van der Waals surface area contributed by atoms with Crippen LogP contribution in [0.25, 0.3) is 0 Å². The van der Waals surface area contributed by atoms with Crippen molar-refractivity contribution in [2.24, 2.45) is 0 Å². The van der Waals surface area contributed by atoms with Gasteiger partial charge in [-0.2, -0.15) is 0 Å². The van der Waals surface area contributed by atoms with E-state index in [1.54, 1.807) is 18.2 Å². The van der Waals surface area contributed by atoms with E-state index in [9.17, 15) is 13.5 Å². The Kier molecular flexibility index (Phi) is 4.39. The summed E-state index contributed by atoms with van der Waals surface area (Å²) in [5, 5.41) is 10.3. The number of aliphatic hydroxyl groups is 1. The van der Waals surface area contributed by atoms with Crippen molar-refractivity contribution in [1.29, 1.82) is 0 Å². The Morgan fingerprint density at radius 1 is 1.12 bits per heavy atom. The number of hydrogen-bond donors (Lipinski definition) is 1. The second-order valence-corrected chi connectivity index (χ2v) is 10.4. The number of aryl methyl sites for hydroxylation is 1. The van der Waals surface area contributed by atoms with Gasteiger partial charge in [-0.15, -0.1) is 0 Å². The van der Waals surface area contributed by atoms with Crippen LogP contribution in [0.5, 0.6) is 0 Å². The summed E-state index contributed by atoms with van der Waals surface area (Å²) in [6, 6.07) is 5.01. The van der Waals surface area contributed by atoms with Gasteiger partial charge in [-0.05, 0) is 71.5 Å². The van der Waals surface area contributed by atoms with E-state index in [4.69, 9.17) is 9.31 Å². The van der Waals surface area contributed by atoms with E-state index in [0.717, 1.165) is 17.4 Å². The molecule has 2 fully saturated rings. The van der Waals surface area contributed by atoms with E-state index in [1.807, 2.05) is 34.6 Å². The lowest BCUT2D eigenvalue weighted by molar-refractivity contribution is -0.0114. The zero-order chi connectivity index (χ0) is 18.7. The van der Waals surface area contributed by atoms with Gasteiger partial charge < -0.3 is 14.4 Å². The molecule has 0 unspecified atom stereocenters. The fraction of sp³-hybridized carbons (Fsp3) is 0.667. The van der Waals surface area contributed by atoms with Crippen LogP contribution >= 0.6 is 0 Å². The van der Waals surface area contributed by atoms with Gasteiger partial charge in [-0.1, -0.05) is 11.6 Å². The molecule has 0 atom stereocenters. The van der Waals surface area contributed by atoms with E-state index in [1.165, 1.54) is 0 Å². The summed E-state index contributed by atoms with van der Waals surface area (Å²) in [5.41, 5.74) is -0.408. The smallest absolute Gasteiger partial charge is 0.399 e. The third kappa shape index (κ3) is 3.39. The van der Waals surface area contributed by atoms with Crippen molar-refractivity contribution in [1.82, 2.24) is 0 Å². The number of benzene rings is 1. The summed E-state index contributed by atoms with van der Waals surface area (Å²) in [7, 11) is -4.17. The molecule has 1 aromatic carbocycles. The van der Waals surface area contributed by atoms with Crippen LogP contribution < -0.4 is 5.46 Å². The average Bonchev–Trinajstić information content (AvgIpc) is 2.65. The Morgan fingerprint density at radius 3 is 2.16 bits per heavy atom. The lowest BCUT2D eigenvalue weighted by Gasteiger charge is -2.36. The maximum Gasteiger partial charge on any atom is 0.495 e. The Morgan fingerprint density at radius 2 is 1.68 bits per heavy atom. The predicted octanol–water partition coefficient (Wildman–Crippen LogP) is 1.98. The van der Waals surface area contributed by atoms with Gasteiger partial charge in [0, 0.05) is 0 Å². The molecule has 1 saturated heterocycles. The average molecular weight is 366 g/mol. The third-order valence-corrected chi connectivity index (χ3v) is 7.75. The molecule has 2 aliphatic rings. The van der Waals surface area contributed by atoms with Crippen molar-refractivity contribution < 1.29 is 22.8 Å². The molecular weight excluding hydrogens is 339 g/mol. The van der Waals surface area contributed by atoms with Gasteiger partial charge in [-0.25, -0.2) is 8.42 Å². The van der Waals surface area contributed by atoms with Gasteiger partial charge in [-0.3, -0.25) is 0 Å². The quantitative estimate of drug-likeness (QED) is 0.825. The Labute approximate surface area is 150 Å². The van der Waals surface area contributed by atoms with Crippen molar-refractivity contribution in [2.45, 2.75) is 75.6 Å². The summed E-state index contributed by atoms with van der Waals surface area (Å²) in [6.07, 6.45) is 1.96. The van der Waals surface area contributed by atoms with Gasteiger partial charge in [0.1, 0.15) is 0 Å². The summed E-state index contributed by atoms with van der Waals surface area (Å²) >= 11 is 0. The van der Waals surface area contributed by atoms with Crippen molar-refractivity contribution in [3.8, 4) is 0 Å². The van der Waals surface area contributed by atoms with Crippen molar-refractivity contribution in [2.75, 3.05) is 5.75 Å². The molecule has 138 valence electrons. The molecule has 0 aromatic heterocycles. The van der Waals surface area contributed by atoms with Crippen LogP contribution in [0.2, 0.25) is 0 Å². The zero-order valence-electron chi connectivity index (χ0n) is 15.6. The molecule has 0 radical (unpaired) electrons. The summed E-state index contributed by atoms with van der Waals surface area (Å²) in [4.78, 5) is 0.211. The summed E-state index contributed by atoms with van der Waals surface area (Å²) in [6.45, 7) is 9.78. The first-order chi connectivity index (χ1) is 11.4. The first-order valence-electron chi connectivity index (χ1n) is 8.77. The largest absolute Gasteiger partial charge is 0.495 e. The van der Waals surface area contributed by atoms with Crippen molar-refractivity contribution in [3.05, 3.63) is 23.8 Å². The number of sulfone groups is 1. The molecule has 3 rings (SSSR count). The van der Waals surface area contributed by atoms with Gasteiger partial charge in [0.15, 0.2) is 9.84 Å². The van der Waals surface area contributed by atoms with E-state index in [-0.39, 0.29) is 10.6 Å². The van der Waals surface area contributed by atoms with Gasteiger partial charge >= 0.3 is 7.12 Å². The molecule has 1 saturated carbocycles. The maximum absolute atomic E-state index is 12.7. The second-order valence-electron chi connectivity index (χ2n) is 8.44. The highest BCUT2D eigenvalue weighted by Gasteiger charge is 2.52. The van der Waals surface area contributed by atoms with E-state index >= 15 is 0 Å². The van der Waals surface area contributed by atoms with Crippen molar-refractivity contribution >= 4 is 22.4 Å². The van der Waals surface area contributed by atoms with Crippen LogP contribution in [0.4, 0.5) is 0 Å². The summed E-state index contributed by atoms with van der Waals surface area (Å²) < 4.78 is 37.6. The van der Waals surface area contributed by atoms with E-state index in [2.05, 4.69) is 0 Å². The monoisotopic (exact) mass is 366 g/mol. The van der Waals surface area contributed by atoms with Gasteiger partial charge in [0.05, 0.1) is 27.5 Å². The number of hydrogen-bond acceptors (Lipinski definition) is 5. The van der Waals surface area contributed by atoms with Crippen LogP contribution in [-0.2, 0) is 19.1 Å². The molecule has 25 heavy (non-hydrogen) atoms. The predicted molar refractivity (Wildman–Crippen MR) is 97.7 cm³/mol. The molecule has 0 bridgehead atoms. The second kappa shape index (κ2) is 5.81. The molecule has 1 heterocycles. The minimum absolute atomic E-state index is 0.211. The first kappa shape index (κ1) is 18.9. The minimum Gasteiger partial charge on any atom is -0.399 e. The van der Waals surface area contributed by atoms with Crippen LogP contribution in [-0.4, -0.2) is 43.2 Å². The fourth-order valence-corrected chi connectivity index (χ4v) is 4.95. The molecule has 5 nitrogen and oxygen atoms in total. The fourth-order valence-electron chi connectivity index (χ4n) is 3.20. The molecule has 0 spiro atoms. The maximum atomic E-state index is 12.7. The Bertz CT molecular complexity index is 765. The van der Waals surface area contributed by atoms with Gasteiger partial charge in [0.25, 0.3) is 0 Å². The molecule has 1 aliphatic carbocycles. The van der Waals surface area contributed by atoms with E-state index in [0.29, 0.717) is 12.8 Å². The highest BCUT2D eigenvalue weighted by Crippen LogP contribution is 2.37. The van der Waals surface area contributed by atoms with E-state index < -0.39 is 33.8 Å². The topological polar surface area (TPSA) is 72.8 Å². The standard InChI is InChI=1S/C18H27BO5S/c1-13-7-8-14(25(21,22)12-18(20)9-6-10-18)11-15(13)19-23-16(2,3)17(4,5)24-19/h7-8,11,20H,6,9-10,12H2,1-5H3. The SMILES string of the molecule is Cc1ccc(S(=O)(=O)CC2(O)CCC2)cc1B1OC(C)(C)C(C)(C)O1. The third-order valence-electron chi connectivity index (χ3n) is 5.86. The zero-order valence-corrected chi connectivity index (χ0v) is 16.4. The van der Waals surface area contributed by atoms with Crippen LogP contribution in [0.3, 0.4) is 0 Å². The minimum atomic E-state index is -3.57. The van der Waals surface area contributed by atoms with Gasteiger partial charge in [0.2, 0.25) is 0 Å². The highest BCUT2D eigenvalue weighted by molar-refractivity contribution is 7.91.